The average molecular weight is 292 g/mol. The van der Waals surface area contributed by atoms with Gasteiger partial charge in [-0.1, -0.05) is 18.5 Å². The van der Waals surface area contributed by atoms with Gasteiger partial charge in [-0.05, 0) is 30.8 Å². The predicted octanol–water partition coefficient (Wildman–Crippen LogP) is 4.69. The highest BCUT2D eigenvalue weighted by Crippen LogP contribution is 2.33. The summed E-state index contributed by atoms with van der Waals surface area (Å²) in [6.07, 6.45) is -5.21. The highest BCUT2D eigenvalue weighted by Gasteiger charge is 2.33. The van der Waals surface area contributed by atoms with Gasteiger partial charge in [-0.15, -0.1) is 0 Å². The molecular weight excluding hydrogens is 279 g/mol. The highest BCUT2D eigenvalue weighted by atomic mass is 35.5. The number of furan rings is 1. The normalized spacial score (nSPS) is 13.9. The number of hydrogen-bond donors (Lipinski definition) is 1. The Morgan fingerprint density at radius 1 is 1.32 bits per heavy atom. The highest BCUT2D eigenvalue weighted by molar-refractivity contribution is 6.31. The Balaban J connectivity index is 2.33. The van der Waals surface area contributed by atoms with Crippen molar-refractivity contribution >= 4 is 22.6 Å². The van der Waals surface area contributed by atoms with Crippen LogP contribution in [0.4, 0.5) is 13.2 Å². The Labute approximate surface area is 113 Å². The Bertz CT molecular complexity index is 565. The molecule has 0 radical (unpaired) electrons. The molecule has 0 spiro atoms. The van der Waals surface area contributed by atoms with E-state index in [0.717, 1.165) is 0 Å². The van der Waals surface area contributed by atoms with Crippen LogP contribution in [0.1, 0.15) is 25.1 Å². The van der Waals surface area contributed by atoms with Crippen LogP contribution in [0.15, 0.2) is 28.7 Å². The number of alkyl halides is 3. The van der Waals surface area contributed by atoms with Crippen LogP contribution in [0.3, 0.4) is 0 Å². The van der Waals surface area contributed by atoms with E-state index in [4.69, 9.17) is 16.0 Å². The summed E-state index contributed by atoms with van der Waals surface area (Å²) in [5.41, 5.74) is 0.532. The van der Waals surface area contributed by atoms with E-state index in [-0.39, 0.29) is 5.76 Å². The minimum atomic E-state index is -4.25. The SMILES string of the molecule is CCNC(CC(F)(F)F)c1cc2cc(Cl)ccc2o1. The molecule has 0 amide bonds. The van der Waals surface area contributed by atoms with Crippen LogP contribution in [0.2, 0.25) is 5.02 Å². The minimum Gasteiger partial charge on any atom is -0.459 e. The van der Waals surface area contributed by atoms with Crippen molar-refractivity contribution in [3.05, 3.63) is 35.0 Å². The van der Waals surface area contributed by atoms with E-state index in [9.17, 15) is 13.2 Å². The van der Waals surface area contributed by atoms with E-state index in [2.05, 4.69) is 5.32 Å². The molecule has 0 saturated carbocycles. The first-order chi connectivity index (χ1) is 8.89. The monoisotopic (exact) mass is 291 g/mol. The lowest BCUT2D eigenvalue weighted by molar-refractivity contribution is -0.141. The molecule has 6 heteroatoms. The molecule has 2 rings (SSSR count). The van der Waals surface area contributed by atoms with Crippen molar-refractivity contribution in [1.82, 2.24) is 5.32 Å². The molecule has 0 aliphatic carbocycles. The van der Waals surface area contributed by atoms with Crippen molar-refractivity contribution in [3.63, 3.8) is 0 Å². The molecule has 1 aromatic heterocycles. The van der Waals surface area contributed by atoms with Gasteiger partial charge in [0.15, 0.2) is 0 Å². The molecule has 1 heterocycles. The largest absolute Gasteiger partial charge is 0.459 e. The van der Waals surface area contributed by atoms with Crippen LogP contribution in [0.25, 0.3) is 11.0 Å². The van der Waals surface area contributed by atoms with Gasteiger partial charge in [0.05, 0.1) is 12.5 Å². The van der Waals surface area contributed by atoms with E-state index in [0.29, 0.717) is 22.5 Å². The molecule has 1 atom stereocenters. The maximum atomic E-state index is 12.5. The summed E-state index contributed by atoms with van der Waals surface area (Å²) < 4.78 is 43.1. The molecule has 1 unspecified atom stereocenters. The van der Waals surface area contributed by atoms with Crippen molar-refractivity contribution in [2.24, 2.45) is 0 Å². The maximum Gasteiger partial charge on any atom is 0.391 e. The average Bonchev–Trinajstić information content (AvgIpc) is 2.69. The Hall–Kier alpha value is -1.20. The van der Waals surface area contributed by atoms with E-state index in [1.165, 1.54) is 0 Å². The summed E-state index contributed by atoms with van der Waals surface area (Å²) in [7, 11) is 0. The van der Waals surface area contributed by atoms with E-state index < -0.39 is 18.6 Å². The summed E-state index contributed by atoms with van der Waals surface area (Å²) in [6.45, 7) is 2.18. The molecule has 2 aromatic rings. The minimum absolute atomic E-state index is 0.274. The first kappa shape index (κ1) is 14.2. The van der Waals surface area contributed by atoms with E-state index in [1.54, 1.807) is 31.2 Å². The second kappa shape index (κ2) is 5.43. The lowest BCUT2D eigenvalue weighted by Gasteiger charge is -2.17. The molecule has 19 heavy (non-hydrogen) atoms. The van der Waals surface area contributed by atoms with Gasteiger partial charge in [0.2, 0.25) is 0 Å². The number of rotatable bonds is 4. The van der Waals surface area contributed by atoms with E-state index >= 15 is 0 Å². The van der Waals surface area contributed by atoms with Crippen LogP contribution in [-0.4, -0.2) is 12.7 Å². The van der Waals surface area contributed by atoms with Gasteiger partial charge in [-0.3, -0.25) is 0 Å². The van der Waals surface area contributed by atoms with Crippen LogP contribution in [-0.2, 0) is 0 Å². The van der Waals surface area contributed by atoms with Crippen molar-refractivity contribution in [2.75, 3.05) is 6.54 Å². The number of hydrogen-bond acceptors (Lipinski definition) is 2. The van der Waals surface area contributed by atoms with Gasteiger partial charge >= 0.3 is 6.18 Å². The molecule has 0 aliphatic rings. The van der Waals surface area contributed by atoms with Crippen molar-refractivity contribution in [1.29, 1.82) is 0 Å². The third-order valence-electron chi connectivity index (χ3n) is 2.73. The second-order valence-electron chi connectivity index (χ2n) is 4.26. The number of halogens is 4. The molecule has 104 valence electrons. The van der Waals surface area contributed by atoms with Gasteiger partial charge in [0.25, 0.3) is 0 Å². The summed E-state index contributed by atoms with van der Waals surface area (Å²) >= 11 is 5.84. The zero-order valence-corrected chi connectivity index (χ0v) is 11.0. The summed E-state index contributed by atoms with van der Waals surface area (Å²) in [4.78, 5) is 0. The molecule has 1 N–H and O–H groups in total. The van der Waals surface area contributed by atoms with Gasteiger partial charge in [-0.2, -0.15) is 13.2 Å². The van der Waals surface area contributed by atoms with Crippen molar-refractivity contribution in [2.45, 2.75) is 25.6 Å². The zero-order chi connectivity index (χ0) is 14.0. The number of nitrogens with one attached hydrogen (secondary N) is 1. The quantitative estimate of drug-likeness (QED) is 0.884. The molecule has 0 aliphatic heterocycles. The Morgan fingerprint density at radius 2 is 2.05 bits per heavy atom. The van der Waals surface area contributed by atoms with Crippen LogP contribution >= 0.6 is 11.6 Å². The second-order valence-corrected chi connectivity index (χ2v) is 4.70. The summed E-state index contributed by atoms with van der Waals surface area (Å²) in [6, 6.07) is 5.68. The Kier molecular flexibility index (Phi) is 4.06. The van der Waals surface area contributed by atoms with Gasteiger partial charge in [0.1, 0.15) is 11.3 Å². The third kappa shape index (κ3) is 3.64. The fourth-order valence-electron chi connectivity index (χ4n) is 1.96. The lowest BCUT2D eigenvalue weighted by atomic mass is 10.1. The lowest BCUT2D eigenvalue weighted by Crippen LogP contribution is -2.26. The van der Waals surface area contributed by atoms with Crippen LogP contribution < -0.4 is 5.32 Å². The van der Waals surface area contributed by atoms with E-state index in [1.807, 2.05) is 0 Å². The smallest absolute Gasteiger partial charge is 0.391 e. The van der Waals surface area contributed by atoms with Crippen LogP contribution in [0, 0.1) is 0 Å². The molecule has 0 saturated heterocycles. The van der Waals surface area contributed by atoms with Crippen molar-refractivity contribution < 1.29 is 17.6 Å². The first-order valence-electron chi connectivity index (χ1n) is 5.88. The molecule has 0 fully saturated rings. The molecular formula is C13H13ClF3NO. The van der Waals surface area contributed by atoms with Gasteiger partial charge in [0, 0.05) is 10.4 Å². The number of fused-ring (bicyclic) bond motifs is 1. The van der Waals surface area contributed by atoms with Crippen LogP contribution in [0.5, 0.6) is 0 Å². The standard InChI is InChI=1S/C13H13ClF3NO/c1-2-18-10(7-13(15,16)17)12-6-8-5-9(14)3-4-11(8)19-12/h3-6,10,18H,2,7H2,1H3. The summed E-state index contributed by atoms with van der Waals surface area (Å²) in [5, 5.41) is 4.01. The predicted molar refractivity (Wildman–Crippen MR) is 68.3 cm³/mol. The number of benzene rings is 1. The molecule has 2 nitrogen and oxygen atoms in total. The van der Waals surface area contributed by atoms with Crippen molar-refractivity contribution in [3.8, 4) is 0 Å². The fourth-order valence-corrected chi connectivity index (χ4v) is 2.14. The topological polar surface area (TPSA) is 25.2 Å². The van der Waals surface area contributed by atoms with Gasteiger partial charge in [-0.25, -0.2) is 0 Å². The van der Waals surface area contributed by atoms with Gasteiger partial charge < -0.3 is 9.73 Å². The zero-order valence-electron chi connectivity index (χ0n) is 10.2. The molecule has 0 bridgehead atoms. The maximum absolute atomic E-state index is 12.5. The third-order valence-corrected chi connectivity index (χ3v) is 2.96. The Morgan fingerprint density at radius 3 is 2.68 bits per heavy atom. The summed E-state index contributed by atoms with van der Waals surface area (Å²) in [5.74, 6) is 0.274. The fraction of sp³-hybridized carbons (Fsp3) is 0.385. The molecule has 1 aromatic carbocycles. The first-order valence-corrected chi connectivity index (χ1v) is 6.26.